The molecule has 38 heavy (non-hydrogen) atoms. The van der Waals surface area contributed by atoms with Crippen LogP contribution in [-0.4, -0.2) is 70.4 Å². The van der Waals surface area contributed by atoms with Crippen molar-refractivity contribution >= 4 is 17.8 Å². The number of nitrogens with two attached hydrogens (primary N) is 4. The molecule has 2 saturated heterocycles. The molecule has 6 atom stereocenters. The normalized spacial score (nSPS) is 25.6. The highest BCUT2D eigenvalue weighted by Crippen LogP contribution is 2.32. The number of anilines is 3. The number of hydrogen-bond acceptors (Lipinski definition) is 11. The number of hydrogen-bond donors (Lipinski definition) is 6. The molecule has 0 aliphatic carbocycles. The van der Waals surface area contributed by atoms with Crippen LogP contribution in [0.5, 0.6) is 0 Å². The molecule has 2 aliphatic heterocycles. The lowest BCUT2D eigenvalue weighted by Crippen LogP contribution is -2.54. The summed E-state index contributed by atoms with van der Waals surface area (Å²) in [5, 5.41) is 14.9. The Kier molecular flexibility index (Phi) is 8.01. The third-order valence-corrected chi connectivity index (χ3v) is 7.11. The van der Waals surface area contributed by atoms with Crippen molar-refractivity contribution in [2.45, 2.75) is 49.2 Å². The van der Waals surface area contributed by atoms with E-state index < -0.39 is 12.1 Å². The standard InChI is InChI=1S/C27H38N10O/c28-19-11-20(29)14-36(13-19)26-33-25(34-27(35-26)37-15-21(30)12-22(31)16-37)32-23(17-7-3-1-4-8-17)24(38)18-9-5-2-6-10-18/h1-10,19-24,38H,11-16,28-31H2,(H,32,33,34,35)/t19-,20+,21-,22+,23-,24+/m1/s1. The Hall–Kier alpha value is -3.35. The molecule has 0 amide bonds. The zero-order valence-electron chi connectivity index (χ0n) is 21.5. The van der Waals surface area contributed by atoms with Crippen molar-refractivity contribution in [2.75, 3.05) is 41.3 Å². The van der Waals surface area contributed by atoms with E-state index in [0.29, 0.717) is 44.0 Å². The Morgan fingerprint density at radius 2 is 1.08 bits per heavy atom. The smallest absolute Gasteiger partial charge is 0.232 e. The zero-order chi connectivity index (χ0) is 26.6. The first-order valence-corrected chi connectivity index (χ1v) is 13.2. The van der Waals surface area contributed by atoms with Gasteiger partial charge in [-0.25, -0.2) is 0 Å². The Morgan fingerprint density at radius 3 is 1.53 bits per heavy atom. The van der Waals surface area contributed by atoms with Gasteiger partial charge in [0.1, 0.15) is 6.10 Å². The zero-order valence-corrected chi connectivity index (χ0v) is 21.5. The third-order valence-electron chi connectivity index (χ3n) is 7.11. The van der Waals surface area contributed by atoms with Crippen LogP contribution in [0.3, 0.4) is 0 Å². The highest BCUT2D eigenvalue weighted by molar-refractivity contribution is 5.48. The monoisotopic (exact) mass is 518 g/mol. The SMILES string of the molecule is N[C@@H]1C[C@H](N)CN(c2nc(N[C@H](c3ccccc3)[C@@H](O)c3ccccc3)nc(N3C[C@H](N)C[C@H](N)C3)n2)C1. The van der Waals surface area contributed by atoms with Gasteiger partial charge < -0.3 is 43.2 Å². The predicted octanol–water partition coefficient (Wildman–Crippen LogP) is 0.488. The lowest BCUT2D eigenvalue weighted by atomic mass is 9.96. The first kappa shape index (κ1) is 26.3. The maximum atomic E-state index is 11.4. The molecule has 0 bridgehead atoms. The van der Waals surface area contributed by atoms with Crippen molar-refractivity contribution in [3.63, 3.8) is 0 Å². The minimum absolute atomic E-state index is 0.0795. The molecule has 3 aromatic rings. The van der Waals surface area contributed by atoms with Gasteiger partial charge in [-0.05, 0) is 24.0 Å². The van der Waals surface area contributed by atoms with Crippen molar-refractivity contribution in [1.29, 1.82) is 0 Å². The van der Waals surface area contributed by atoms with Crippen molar-refractivity contribution in [3.05, 3.63) is 71.8 Å². The van der Waals surface area contributed by atoms with E-state index in [1.807, 2.05) is 70.5 Å². The van der Waals surface area contributed by atoms with Crippen LogP contribution in [0.4, 0.5) is 17.8 Å². The van der Waals surface area contributed by atoms with Crippen molar-refractivity contribution in [2.24, 2.45) is 22.9 Å². The summed E-state index contributed by atoms with van der Waals surface area (Å²) in [6.45, 7) is 2.35. The minimum Gasteiger partial charge on any atom is -0.386 e. The molecule has 5 rings (SSSR count). The number of piperidine rings is 2. The lowest BCUT2D eigenvalue weighted by molar-refractivity contribution is 0.154. The van der Waals surface area contributed by atoms with Crippen LogP contribution in [0.1, 0.15) is 36.1 Å². The maximum Gasteiger partial charge on any atom is 0.232 e. The van der Waals surface area contributed by atoms with E-state index in [-0.39, 0.29) is 24.2 Å². The highest BCUT2D eigenvalue weighted by Gasteiger charge is 2.30. The van der Waals surface area contributed by atoms with E-state index in [2.05, 4.69) is 5.32 Å². The number of nitrogens with one attached hydrogen (secondary N) is 1. The van der Waals surface area contributed by atoms with Gasteiger partial charge in [0.15, 0.2) is 0 Å². The van der Waals surface area contributed by atoms with Crippen LogP contribution in [0.2, 0.25) is 0 Å². The minimum atomic E-state index is -0.851. The molecule has 202 valence electrons. The average Bonchev–Trinajstić information content (AvgIpc) is 2.91. The summed E-state index contributed by atoms with van der Waals surface area (Å²) in [5.41, 5.74) is 26.8. The molecule has 3 heterocycles. The molecule has 2 aromatic carbocycles. The second kappa shape index (κ2) is 11.6. The summed E-state index contributed by atoms with van der Waals surface area (Å²) in [6, 6.07) is 18.5. The van der Waals surface area contributed by atoms with Crippen LogP contribution in [0.25, 0.3) is 0 Å². The molecule has 1 aromatic heterocycles. The molecule has 0 radical (unpaired) electrons. The second-order valence-corrected chi connectivity index (χ2v) is 10.5. The van der Waals surface area contributed by atoms with Gasteiger partial charge >= 0.3 is 0 Å². The molecule has 2 fully saturated rings. The fourth-order valence-corrected chi connectivity index (χ4v) is 5.37. The van der Waals surface area contributed by atoms with Gasteiger partial charge in [-0.3, -0.25) is 0 Å². The number of nitrogens with zero attached hydrogens (tertiary/aromatic N) is 5. The predicted molar refractivity (Wildman–Crippen MR) is 150 cm³/mol. The van der Waals surface area contributed by atoms with Crippen molar-refractivity contribution in [1.82, 2.24) is 15.0 Å². The van der Waals surface area contributed by atoms with Crippen LogP contribution < -0.4 is 38.1 Å². The van der Waals surface area contributed by atoms with Gasteiger partial charge in [-0.1, -0.05) is 60.7 Å². The number of aliphatic hydroxyl groups excluding tert-OH is 1. The Morgan fingerprint density at radius 1 is 0.658 bits per heavy atom. The van der Waals surface area contributed by atoms with Gasteiger partial charge in [-0.2, -0.15) is 15.0 Å². The number of aliphatic hydroxyl groups is 1. The quantitative estimate of drug-likeness (QED) is 0.256. The van der Waals surface area contributed by atoms with Crippen LogP contribution >= 0.6 is 0 Å². The van der Waals surface area contributed by atoms with E-state index in [9.17, 15) is 5.11 Å². The molecule has 10 N–H and O–H groups in total. The summed E-state index contributed by atoms with van der Waals surface area (Å²) in [5.74, 6) is 1.31. The molecular weight excluding hydrogens is 480 g/mol. The molecule has 0 unspecified atom stereocenters. The second-order valence-electron chi connectivity index (χ2n) is 10.5. The van der Waals surface area contributed by atoms with Crippen molar-refractivity contribution in [3.8, 4) is 0 Å². The lowest BCUT2D eigenvalue weighted by Gasteiger charge is -2.37. The molecular formula is C27H38N10O. The van der Waals surface area contributed by atoms with Gasteiger partial charge in [0, 0.05) is 50.3 Å². The van der Waals surface area contributed by atoms with Crippen LogP contribution in [0, 0.1) is 0 Å². The Labute approximate surface area is 223 Å². The third kappa shape index (κ3) is 6.20. The molecule has 11 nitrogen and oxygen atoms in total. The van der Waals surface area contributed by atoms with Crippen LogP contribution in [0.15, 0.2) is 60.7 Å². The van der Waals surface area contributed by atoms with E-state index in [1.165, 1.54) is 0 Å². The Balaban J connectivity index is 1.53. The Bertz CT molecular complexity index is 1120. The molecule has 0 saturated carbocycles. The van der Waals surface area contributed by atoms with Crippen molar-refractivity contribution < 1.29 is 5.11 Å². The summed E-state index contributed by atoms with van der Waals surface area (Å²) >= 11 is 0. The van der Waals surface area contributed by atoms with Gasteiger partial charge in [0.25, 0.3) is 0 Å². The topological polar surface area (TPSA) is 181 Å². The van der Waals surface area contributed by atoms with E-state index in [4.69, 9.17) is 37.9 Å². The summed E-state index contributed by atoms with van der Waals surface area (Å²) in [6.07, 6.45) is 0.639. The largest absolute Gasteiger partial charge is 0.386 e. The fourth-order valence-electron chi connectivity index (χ4n) is 5.37. The van der Waals surface area contributed by atoms with E-state index in [1.54, 1.807) is 0 Å². The van der Waals surface area contributed by atoms with Gasteiger partial charge in [0.2, 0.25) is 17.8 Å². The first-order chi connectivity index (χ1) is 18.4. The summed E-state index contributed by atoms with van der Waals surface area (Å²) < 4.78 is 0. The number of benzene rings is 2. The van der Waals surface area contributed by atoms with Crippen LogP contribution in [-0.2, 0) is 0 Å². The van der Waals surface area contributed by atoms with E-state index >= 15 is 0 Å². The fraction of sp³-hybridized carbons (Fsp3) is 0.444. The molecule has 0 spiro atoms. The van der Waals surface area contributed by atoms with Gasteiger partial charge in [0.05, 0.1) is 6.04 Å². The number of rotatable bonds is 7. The van der Waals surface area contributed by atoms with Gasteiger partial charge in [-0.15, -0.1) is 0 Å². The van der Waals surface area contributed by atoms with E-state index in [0.717, 1.165) is 24.0 Å². The summed E-state index contributed by atoms with van der Waals surface area (Å²) in [4.78, 5) is 18.4. The maximum absolute atomic E-state index is 11.4. The molecule has 2 aliphatic rings. The highest BCUT2D eigenvalue weighted by atomic mass is 16.3. The average molecular weight is 519 g/mol. The molecule has 11 heteroatoms. The summed E-state index contributed by atoms with van der Waals surface area (Å²) in [7, 11) is 0. The first-order valence-electron chi connectivity index (χ1n) is 13.2. The number of aromatic nitrogens is 3.